The number of amides is 2. The molecule has 2 aromatic heterocycles. The summed E-state index contributed by atoms with van der Waals surface area (Å²) < 4.78 is 11.6. The maximum absolute atomic E-state index is 12.8. The van der Waals surface area contributed by atoms with E-state index in [1.807, 2.05) is 20.8 Å². The summed E-state index contributed by atoms with van der Waals surface area (Å²) in [6, 6.07) is 4.57. The molecule has 3 rings (SSSR count). The summed E-state index contributed by atoms with van der Waals surface area (Å²) in [5.41, 5.74) is 9.08. The Balaban J connectivity index is 1.87. The van der Waals surface area contributed by atoms with Crippen molar-refractivity contribution in [3.8, 4) is 5.75 Å². The van der Waals surface area contributed by atoms with E-state index >= 15 is 0 Å². The largest absolute Gasteiger partial charge is 0.488 e. The first-order chi connectivity index (χ1) is 13.3. The van der Waals surface area contributed by atoms with E-state index in [1.54, 1.807) is 30.6 Å². The standard InChI is InChI=1S/C20H23N3O4S/c1-10(2)18(19(21)24)23-20(25)17-12(4)27-15-6-5-13(7-14(15)17)26-8-16-11(3)22-9-28-16/h5-7,9-10,18H,8H2,1-4H3,(H2,21,24)(H,23,25)/t18-/m1/s1. The van der Waals surface area contributed by atoms with Crippen molar-refractivity contribution in [1.82, 2.24) is 10.3 Å². The molecule has 0 bridgehead atoms. The van der Waals surface area contributed by atoms with Gasteiger partial charge in [-0.2, -0.15) is 0 Å². The highest BCUT2D eigenvalue weighted by molar-refractivity contribution is 7.09. The van der Waals surface area contributed by atoms with Crippen LogP contribution in [0.2, 0.25) is 0 Å². The van der Waals surface area contributed by atoms with E-state index in [0.29, 0.717) is 34.6 Å². The van der Waals surface area contributed by atoms with Gasteiger partial charge in [-0.25, -0.2) is 4.98 Å². The molecule has 148 valence electrons. The minimum atomic E-state index is -0.759. The number of aromatic nitrogens is 1. The molecule has 0 spiro atoms. The Morgan fingerprint density at radius 2 is 2.07 bits per heavy atom. The Morgan fingerprint density at radius 1 is 1.32 bits per heavy atom. The van der Waals surface area contributed by atoms with Crippen molar-refractivity contribution in [2.24, 2.45) is 11.7 Å². The van der Waals surface area contributed by atoms with E-state index in [2.05, 4.69) is 10.3 Å². The predicted molar refractivity (Wildman–Crippen MR) is 107 cm³/mol. The number of carbonyl (C=O) groups is 2. The zero-order valence-electron chi connectivity index (χ0n) is 16.2. The molecule has 0 aliphatic rings. The second-order valence-electron chi connectivity index (χ2n) is 6.94. The summed E-state index contributed by atoms with van der Waals surface area (Å²) in [6.07, 6.45) is 0. The molecule has 0 unspecified atom stereocenters. The van der Waals surface area contributed by atoms with E-state index in [0.717, 1.165) is 10.6 Å². The number of primary amides is 1. The number of furan rings is 1. The Labute approximate surface area is 166 Å². The number of carbonyl (C=O) groups excluding carboxylic acids is 2. The summed E-state index contributed by atoms with van der Waals surface area (Å²) in [4.78, 5) is 29.7. The lowest BCUT2D eigenvalue weighted by molar-refractivity contribution is -0.120. The van der Waals surface area contributed by atoms with Gasteiger partial charge in [-0.3, -0.25) is 9.59 Å². The molecule has 1 aromatic carbocycles. The Morgan fingerprint density at radius 3 is 2.68 bits per heavy atom. The third-order valence-electron chi connectivity index (χ3n) is 4.54. The fourth-order valence-electron chi connectivity index (χ4n) is 2.96. The lowest BCUT2D eigenvalue weighted by atomic mass is 10.0. The van der Waals surface area contributed by atoms with Crippen LogP contribution in [0.5, 0.6) is 5.75 Å². The molecule has 0 saturated carbocycles. The molecule has 0 fully saturated rings. The average Bonchev–Trinajstić information content (AvgIpc) is 3.18. The van der Waals surface area contributed by atoms with Crippen molar-refractivity contribution in [2.45, 2.75) is 40.3 Å². The van der Waals surface area contributed by atoms with E-state index in [1.165, 1.54) is 11.3 Å². The first-order valence-electron chi connectivity index (χ1n) is 8.93. The highest BCUT2D eigenvalue weighted by Crippen LogP contribution is 2.30. The topological polar surface area (TPSA) is 107 Å². The predicted octanol–water partition coefficient (Wildman–Crippen LogP) is 3.32. The van der Waals surface area contributed by atoms with Crippen LogP contribution in [0.4, 0.5) is 0 Å². The maximum atomic E-state index is 12.8. The van der Waals surface area contributed by atoms with Gasteiger partial charge in [0.25, 0.3) is 5.91 Å². The van der Waals surface area contributed by atoms with Crippen molar-refractivity contribution < 1.29 is 18.7 Å². The van der Waals surface area contributed by atoms with Crippen LogP contribution in [-0.2, 0) is 11.4 Å². The number of aryl methyl sites for hydroxylation is 2. The number of ether oxygens (including phenoxy) is 1. The zero-order chi connectivity index (χ0) is 20.4. The Bertz CT molecular complexity index is 1020. The number of thiazole rings is 1. The lowest BCUT2D eigenvalue weighted by Crippen LogP contribution is -2.47. The third-order valence-corrected chi connectivity index (χ3v) is 5.45. The number of hydrogen-bond acceptors (Lipinski definition) is 6. The molecular formula is C20H23N3O4S. The van der Waals surface area contributed by atoms with Crippen molar-refractivity contribution in [2.75, 3.05) is 0 Å². The molecule has 3 aromatic rings. The lowest BCUT2D eigenvalue weighted by Gasteiger charge is -2.18. The van der Waals surface area contributed by atoms with Crippen molar-refractivity contribution in [1.29, 1.82) is 0 Å². The van der Waals surface area contributed by atoms with Crippen LogP contribution in [0, 0.1) is 19.8 Å². The van der Waals surface area contributed by atoms with E-state index in [4.69, 9.17) is 14.9 Å². The van der Waals surface area contributed by atoms with Gasteiger partial charge < -0.3 is 20.2 Å². The molecule has 0 aliphatic heterocycles. The van der Waals surface area contributed by atoms with E-state index < -0.39 is 17.9 Å². The first-order valence-corrected chi connectivity index (χ1v) is 9.81. The van der Waals surface area contributed by atoms with Crippen molar-refractivity contribution in [3.63, 3.8) is 0 Å². The van der Waals surface area contributed by atoms with Crippen LogP contribution in [-0.4, -0.2) is 22.8 Å². The van der Waals surface area contributed by atoms with Gasteiger partial charge in [-0.15, -0.1) is 11.3 Å². The van der Waals surface area contributed by atoms with Gasteiger partial charge in [0.2, 0.25) is 5.91 Å². The molecular weight excluding hydrogens is 378 g/mol. The fraction of sp³-hybridized carbons (Fsp3) is 0.350. The van der Waals surface area contributed by atoms with E-state index in [9.17, 15) is 9.59 Å². The van der Waals surface area contributed by atoms with Crippen molar-refractivity contribution >= 4 is 34.1 Å². The molecule has 8 heteroatoms. The van der Waals surface area contributed by atoms with Gasteiger partial charge in [0.15, 0.2) is 0 Å². The highest BCUT2D eigenvalue weighted by atomic mass is 32.1. The molecule has 1 atom stereocenters. The second-order valence-corrected chi connectivity index (χ2v) is 7.88. The maximum Gasteiger partial charge on any atom is 0.256 e. The number of hydrogen-bond donors (Lipinski definition) is 2. The summed E-state index contributed by atoms with van der Waals surface area (Å²) in [7, 11) is 0. The smallest absolute Gasteiger partial charge is 0.256 e. The van der Waals surface area contributed by atoms with E-state index in [-0.39, 0.29) is 5.92 Å². The minimum Gasteiger partial charge on any atom is -0.488 e. The van der Waals surface area contributed by atoms with Crippen LogP contribution in [0.15, 0.2) is 28.1 Å². The molecule has 2 heterocycles. The number of rotatable bonds is 7. The van der Waals surface area contributed by atoms with Gasteiger partial charge in [-0.1, -0.05) is 13.8 Å². The summed E-state index contributed by atoms with van der Waals surface area (Å²) in [6.45, 7) is 7.69. The van der Waals surface area contributed by atoms with Gasteiger partial charge in [0, 0.05) is 5.39 Å². The van der Waals surface area contributed by atoms with Gasteiger partial charge in [0.05, 0.1) is 21.6 Å². The van der Waals surface area contributed by atoms with Crippen LogP contribution in [0.25, 0.3) is 11.0 Å². The van der Waals surface area contributed by atoms with Crippen LogP contribution < -0.4 is 15.8 Å². The van der Waals surface area contributed by atoms with Crippen LogP contribution in [0.1, 0.15) is 40.5 Å². The molecule has 0 radical (unpaired) electrons. The SMILES string of the molecule is Cc1ncsc1COc1ccc2oc(C)c(C(=O)N[C@@H](C(N)=O)C(C)C)c2c1. The summed E-state index contributed by atoms with van der Waals surface area (Å²) >= 11 is 1.53. The number of nitrogens with zero attached hydrogens (tertiary/aromatic N) is 1. The fourth-order valence-corrected chi connectivity index (χ4v) is 3.65. The zero-order valence-corrected chi connectivity index (χ0v) is 17.1. The molecule has 28 heavy (non-hydrogen) atoms. The molecule has 0 saturated heterocycles. The van der Waals surface area contributed by atoms with Crippen LogP contribution in [0.3, 0.4) is 0 Å². The number of fused-ring (bicyclic) bond motifs is 1. The summed E-state index contributed by atoms with van der Waals surface area (Å²) in [5.74, 6) is -0.0104. The normalized spacial score (nSPS) is 12.3. The quantitative estimate of drug-likeness (QED) is 0.631. The Hall–Kier alpha value is -2.87. The minimum absolute atomic E-state index is 0.124. The molecule has 3 N–H and O–H groups in total. The first kappa shape index (κ1) is 19.9. The molecule has 7 nitrogen and oxygen atoms in total. The van der Waals surface area contributed by atoms with Gasteiger partial charge in [0.1, 0.15) is 29.7 Å². The number of nitrogens with one attached hydrogen (secondary N) is 1. The van der Waals surface area contributed by atoms with Gasteiger partial charge >= 0.3 is 0 Å². The molecule has 2 amide bonds. The van der Waals surface area contributed by atoms with Gasteiger partial charge in [-0.05, 0) is 38.0 Å². The average molecular weight is 401 g/mol. The molecule has 0 aliphatic carbocycles. The number of nitrogens with two attached hydrogens (primary N) is 1. The van der Waals surface area contributed by atoms with Crippen LogP contribution >= 0.6 is 11.3 Å². The van der Waals surface area contributed by atoms with Crippen molar-refractivity contribution in [3.05, 3.63) is 45.6 Å². The summed E-state index contributed by atoms with van der Waals surface area (Å²) in [5, 5.41) is 3.34. The highest BCUT2D eigenvalue weighted by Gasteiger charge is 2.26. The monoisotopic (exact) mass is 401 g/mol. The Kier molecular flexibility index (Phi) is 5.69. The second kappa shape index (κ2) is 8.02. The third kappa shape index (κ3) is 4.01. The number of benzene rings is 1.